The molecule has 9 aromatic carbocycles. The largest absolute Gasteiger partial charge is 0.456 e. The van der Waals surface area contributed by atoms with E-state index in [9.17, 15) is 0 Å². The predicted octanol–water partition coefficient (Wildman–Crippen LogP) is 12.2. The molecule has 2 N–H and O–H groups in total. The lowest BCUT2D eigenvalue weighted by molar-refractivity contribution is 0.409. The number of aliphatic imine (C=N–C) groups is 1. The molecule has 250 valence electrons. The van der Waals surface area contributed by atoms with Crippen LogP contribution in [0.15, 0.2) is 185 Å². The molecule has 1 aliphatic rings. The number of fused-ring (bicyclic) bond motifs is 9. The number of benzene rings is 9. The Morgan fingerprint density at radius 1 is 0.434 bits per heavy atom. The van der Waals surface area contributed by atoms with Crippen molar-refractivity contribution in [1.82, 2.24) is 10.6 Å². The summed E-state index contributed by atoms with van der Waals surface area (Å²) in [6.45, 7) is 0. The van der Waals surface area contributed by atoms with Crippen LogP contribution in [-0.2, 0) is 0 Å². The van der Waals surface area contributed by atoms with Gasteiger partial charge in [0.2, 0.25) is 0 Å². The van der Waals surface area contributed by atoms with Gasteiger partial charge in [0.25, 0.3) is 0 Å². The summed E-state index contributed by atoms with van der Waals surface area (Å²) in [5.74, 6) is 0.825. The van der Waals surface area contributed by atoms with Gasteiger partial charge in [-0.05, 0) is 95.7 Å². The molecule has 11 rings (SSSR count). The van der Waals surface area contributed by atoms with Crippen molar-refractivity contribution in [2.45, 2.75) is 12.3 Å². The summed E-state index contributed by atoms with van der Waals surface area (Å²) in [4.78, 5) is 5.49. The fourth-order valence-corrected chi connectivity index (χ4v) is 8.27. The second-order valence-corrected chi connectivity index (χ2v) is 14.0. The maximum absolute atomic E-state index is 6.60. The number of para-hydroxylation sites is 1. The molecule has 0 aliphatic carbocycles. The van der Waals surface area contributed by atoms with Crippen molar-refractivity contribution >= 4 is 70.9 Å². The first-order valence-electron chi connectivity index (χ1n) is 18.2. The van der Waals surface area contributed by atoms with E-state index in [0.717, 1.165) is 55.6 Å². The van der Waals surface area contributed by atoms with Gasteiger partial charge in [0, 0.05) is 16.3 Å². The van der Waals surface area contributed by atoms with Crippen LogP contribution in [0.25, 0.3) is 76.2 Å². The highest BCUT2D eigenvalue weighted by Crippen LogP contribution is 2.39. The zero-order chi connectivity index (χ0) is 34.9. The molecule has 4 heteroatoms. The van der Waals surface area contributed by atoms with Crippen molar-refractivity contribution in [3.63, 3.8) is 0 Å². The molecule has 0 saturated carbocycles. The van der Waals surface area contributed by atoms with Gasteiger partial charge in [0.15, 0.2) is 0 Å². The van der Waals surface area contributed by atoms with E-state index in [4.69, 9.17) is 9.41 Å². The van der Waals surface area contributed by atoms with Gasteiger partial charge in [0.1, 0.15) is 29.3 Å². The number of hydrogen-bond donors (Lipinski definition) is 2. The summed E-state index contributed by atoms with van der Waals surface area (Å²) < 4.78 is 6.60. The second kappa shape index (κ2) is 11.9. The highest BCUT2D eigenvalue weighted by Gasteiger charge is 2.28. The molecule has 0 saturated heterocycles. The smallest absolute Gasteiger partial charge is 0.136 e. The Kier molecular flexibility index (Phi) is 6.73. The van der Waals surface area contributed by atoms with Gasteiger partial charge in [-0.2, -0.15) is 0 Å². The average Bonchev–Trinajstić information content (AvgIpc) is 3.61. The number of nitrogens with zero attached hydrogens (tertiary/aromatic N) is 1. The Morgan fingerprint density at radius 3 is 1.89 bits per heavy atom. The third-order valence-electron chi connectivity index (χ3n) is 10.9. The molecule has 0 spiro atoms. The lowest BCUT2D eigenvalue weighted by atomic mass is 9.94. The lowest BCUT2D eigenvalue weighted by Gasteiger charge is -2.32. The molecule has 1 aliphatic heterocycles. The topological polar surface area (TPSA) is 49.6 Å². The zero-order valence-electron chi connectivity index (χ0n) is 28.8. The molecule has 0 fully saturated rings. The lowest BCUT2D eigenvalue weighted by Crippen LogP contribution is -2.45. The van der Waals surface area contributed by atoms with E-state index < -0.39 is 0 Å². The van der Waals surface area contributed by atoms with Crippen LogP contribution in [0.4, 0.5) is 0 Å². The highest BCUT2D eigenvalue weighted by atomic mass is 16.3. The summed E-state index contributed by atoms with van der Waals surface area (Å²) in [5.41, 5.74) is 7.17. The van der Waals surface area contributed by atoms with Crippen LogP contribution in [0.3, 0.4) is 0 Å². The Hall–Kier alpha value is -6.75. The zero-order valence-corrected chi connectivity index (χ0v) is 28.8. The molecule has 0 amide bonds. The Labute approximate surface area is 306 Å². The third kappa shape index (κ3) is 4.99. The van der Waals surface area contributed by atoms with Crippen LogP contribution in [-0.4, -0.2) is 5.84 Å². The Morgan fingerprint density at radius 2 is 1.08 bits per heavy atom. The van der Waals surface area contributed by atoms with Crippen LogP contribution in [0.2, 0.25) is 0 Å². The molecule has 4 nitrogen and oxygen atoms in total. The molecule has 2 unspecified atom stereocenters. The normalized spacial score (nSPS) is 16.1. The summed E-state index contributed by atoms with van der Waals surface area (Å²) in [7, 11) is 0. The predicted molar refractivity (Wildman–Crippen MR) is 220 cm³/mol. The molecule has 53 heavy (non-hydrogen) atoms. The maximum Gasteiger partial charge on any atom is 0.136 e. The van der Waals surface area contributed by atoms with Crippen LogP contribution in [0.1, 0.15) is 29.0 Å². The molecular weight excluding hydrogens is 647 g/mol. The number of nitrogens with one attached hydrogen (secondary N) is 2. The average molecular weight is 680 g/mol. The van der Waals surface area contributed by atoms with E-state index in [0.29, 0.717) is 0 Å². The fraction of sp³-hybridized carbons (Fsp3) is 0.0408. The van der Waals surface area contributed by atoms with Crippen molar-refractivity contribution in [2.24, 2.45) is 4.99 Å². The molecule has 1 aromatic heterocycles. The standard InChI is InChI=1S/C49H33N3O/c1-2-12-33(13-3-1)47-50-48(36-23-21-32-19-18-31-11-5-7-15-39(31)42(32)27-36)52-49(51-47)43-28-37(29-45-46(43)41-16-8-9-17-44(41)53-45)34-24-25-40-35(26-34)22-20-30-10-4-6-14-38(30)40/h1-29,47-48,50H,(H,51,52). The van der Waals surface area contributed by atoms with Gasteiger partial charge < -0.3 is 9.73 Å². The summed E-state index contributed by atoms with van der Waals surface area (Å²) in [6.07, 6.45) is -0.478. The molecule has 2 atom stereocenters. The van der Waals surface area contributed by atoms with Crippen LogP contribution in [0.5, 0.6) is 0 Å². The minimum absolute atomic E-state index is 0.178. The van der Waals surface area contributed by atoms with Gasteiger partial charge in [-0.25, -0.2) is 4.99 Å². The SMILES string of the molecule is c1ccc(C2NC(c3cc(-c4ccc5c(ccc6ccccc65)c4)cc4oc5ccccc5c34)=NC(c3ccc4ccc5ccccc5c4c3)N2)cc1. The fourth-order valence-electron chi connectivity index (χ4n) is 8.27. The highest BCUT2D eigenvalue weighted by molar-refractivity contribution is 6.19. The molecule has 2 heterocycles. The summed E-state index contributed by atoms with van der Waals surface area (Å²) >= 11 is 0. The van der Waals surface area contributed by atoms with Gasteiger partial charge in [-0.1, -0.05) is 146 Å². The third-order valence-corrected chi connectivity index (χ3v) is 10.9. The number of rotatable bonds is 4. The monoisotopic (exact) mass is 679 g/mol. The summed E-state index contributed by atoms with van der Waals surface area (Å²) in [5, 5.41) is 19.7. The first-order valence-corrected chi connectivity index (χ1v) is 18.2. The Bertz CT molecular complexity index is 3090. The Balaban J connectivity index is 1.12. The number of furan rings is 1. The van der Waals surface area contributed by atoms with Gasteiger partial charge >= 0.3 is 0 Å². The quantitative estimate of drug-likeness (QED) is 0.182. The maximum atomic E-state index is 6.60. The van der Waals surface area contributed by atoms with Gasteiger partial charge in [-0.3, -0.25) is 5.32 Å². The van der Waals surface area contributed by atoms with Crippen molar-refractivity contribution < 1.29 is 4.42 Å². The van der Waals surface area contributed by atoms with Crippen molar-refractivity contribution in [1.29, 1.82) is 0 Å². The van der Waals surface area contributed by atoms with Crippen LogP contribution < -0.4 is 10.6 Å². The molecular formula is C49H33N3O. The van der Waals surface area contributed by atoms with Crippen LogP contribution in [0, 0.1) is 0 Å². The van der Waals surface area contributed by atoms with E-state index >= 15 is 0 Å². The molecule has 0 radical (unpaired) electrons. The van der Waals surface area contributed by atoms with Crippen LogP contribution >= 0.6 is 0 Å². The first-order chi connectivity index (χ1) is 26.2. The van der Waals surface area contributed by atoms with E-state index in [1.165, 1.54) is 43.1 Å². The minimum Gasteiger partial charge on any atom is -0.456 e. The molecule has 0 bridgehead atoms. The second-order valence-electron chi connectivity index (χ2n) is 14.0. The van der Waals surface area contributed by atoms with Gasteiger partial charge in [-0.15, -0.1) is 0 Å². The van der Waals surface area contributed by atoms with Crippen molar-refractivity contribution in [3.05, 3.63) is 193 Å². The molecule has 10 aromatic rings. The summed E-state index contributed by atoms with van der Waals surface area (Å²) in [6, 6.07) is 62.9. The van der Waals surface area contributed by atoms with E-state index in [1.807, 2.05) is 12.1 Å². The number of hydrogen-bond acceptors (Lipinski definition) is 4. The van der Waals surface area contributed by atoms with Crippen molar-refractivity contribution in [2.75, 3.05) is 0 Å². The van der Waals surface area contributed by atoms with E-state index in [-0.39, 0.29) is 12.3 Å². The van der Waals surface area contributed by atoms with Crippen molar-refractivity contribution in [3.8, 4) is 11.1 Å². The minimum atomic E-state index is -0.300. The first kappa shape index (κ1) is 29.9. The van der Waals surface area contributed by atoms with E-state index in [2.05, 4.69) is 174 Å². The van der Waals surface area contributed by atoms with Gasteiger partial charge in [0.05, 0.1) is 0 Å². The number of amidine groups is 1. The van der Waals surface area contributed by atoms with E-state index in [1.54, 1.807) is 0 Å².